The van der Waals surface area contributed by atoms with Crippen LogP contribution in [0.25, 0.3) is 0 Å². The second-order valence-electron chi connectivity index (χ2n) is 3.95. The first-order valence-corrected chi connectivity index (χ1v) is 6.33. The van der Waals surface area contributed by atoms with Gasteiger partial charge in [0.15, 0.2) is 0 Å². The van der Waals surface area contributed by atoms with E-state index >= 15 is 0 Å². The van der Waals surface area contributed by atoms with Crippen LogP contribution in [0.15, 0.2) is 18.2 Å². The fraction of sp³-hybridized carbons (Fsp3) is 0.571. The lowest BCUT2D eigenvalue weighted by atomic mass is 10.1. The highest BCUT2D eigenvalue weighted by Gasteiger charge is 2.02. The number of nitrogens with two attached hydrogens (primary N) is 1. The van der Waals surface area contributed by atoms with Crippen molar-refractivity contribution in [3.8, 4) is 5.75 Å². The quantitative estimate of drug-likeness (QED) is 0.681. The molecule has 0 aromatic heterocycles. The molecular weight excluding hydrogens is 230 g/mol. The topological polar surface area (TPSA) is 53.7 Å². The van der Waals surface area contributed by atoms with E-state index in [2.05, 4.69) is 13.0 Å². The van der Waals surface area contributed by atoms with Crippen molar-refractivity contribution in [2.24, 2.45) is 5.73 Å². The Balaban J connectivity index is 2.34. The highest BCUT2D eigenvalue weighted by molar-refractivity contribution is 5.37. The molecule has 4 heteroatoms. The van der Waals surface area contributed by atoms with Crippen molar-refractivity contribution in [1.82, 2.24) is 0 Å². The molecule has 1 aromatic carbocycles. The van der Waals surface area contributed by atoms with Crippen molar-refractivity contribution in [1.29, 1.82) is 0 Å². The summed E-state index contributed by atoms with van der Waals surface area (Å²) in [5.41, 5.74) is 7.68. The van der Waals surface area contributed by atoms with Gasteiger partial charge in [-0.15, -0.1) is 0 Å². The van der Waals surface area contributed by atoms with E-state index in [1.807, 2.05) is 12.1 Å². The average Bonchev–Trinajstić information content (AvgIpc) is 2.42. The van der Waals surface area contributed by atoms with E-state index in [1.54, 1.807) is 7.11 Å². The van der Waals surface area contributed by atoms with Crippen LogP contribution in [0.3, 0.4) is 0 Å². The maximum absolute atomic E-state index is 5.53. The highest BCUT2D eigenvalue weighted by Crippen LogP contribution is 2.20. The summed E-state index contributed by atoms with van der Waals surface area (Å²) < 4.78 is 16.1. The van der Waals surface area contributed by atoms with Crippen LogP contribution in [-0.2, 0) is 22.5 Å². The highest BCUT2D eigenvalue weighted by atomic mass is 16.5. The normalized spacial score (nSPS) is 10.6. The molecule has 18 heavy (non-hydrogen) atoms. The lowest BCUT2D eigenvalue weighted by Gasteiger charge is -2.10. The van der Waals surface area contributed by atoms with Gasteiger partial charge in [0.25, 0.3) is 0 Å². The summed E-state index contributed by atoms with van der Waals surface area (Å²) in [5.74, 6) is 0.938. The summed E-state index contributed by atoms with van der Waals surface area (Å²) >= 11 is 0. The van der Waals surface area contributed by atoms with Gasteiger partial charge >= 0.3 is 0 Å². The van der Waals surface area contributed by atoms with Gasteiger partial charge in [0, 0.05) is 6.54 Å². The molecule has 0 unspecified atom stereocenters. The van der Waals surface area contributed by atoms with Gasteiger partial charge in [-0.05, 0) is 29.7 Å². The molecule has 0 saturated carbocycles. The Morgan fingerprint density at radius 1 is 1.11 bits per heavy atom. The summed E-state index contributed by atoms with van der Waals surface area (Å²) in [6.45, 7) is 5.04. The van der Waals surface area contributed by atoms with Crippen molar-refractivity contribution in [2.75, 3.05) is 33.5 Å². The average molecular weight is 253 g/mol. The molecule has 0 radical (unpaired) electrons. The smallest absolute Gasteiger partial charge is 0.122 e. The van der Waals surface area contributed by atoms with E-state index in [0.29, 0.717) is 33.0 Å². The standard InChI is InChI=1S/C14H23NO3/c1-3-13-10-12(4-5-14(13)16-2)11-18-9-8-17-7-6-15/h4-5,10H,3,6-9,11,15H2,1-2H3. The Kier molecular flexibility index (Phi) is 7.41. The Labute approximate surface area is 109 Å². The molecule has 0 fully saturated rings. The molecule has 0 aliphatic heterocycles. The first-order chi connectivity index (χ1) is 8.81. The molecule has 0 spiro atoms. The molecule has 0 aliphatic carbocycles. The molecule has 0 heterocycles. The SMILES string of the molecule is CCc1cc(COCCOCCN)ccc1OC. The fourth-order valence-electron chi connectivity index (χ4n) is 1.69. The Hall–Kier alpha value is -1.10. The van der Waals surface area contributed by atoms with E-state index < -0.39 is 0 Å². The van der Waals surface area contributed by atoms with Crippen LogP contribution < -0.4 is 10.5 Å². The fourth-order valence-corrected chi connectivity index (χ4v) is 1.69. The number of ether oxygens (including phenoxy) is 3. The summed E-state index contributed by atoms with van der Waals surface area (Å²) in [7, 11) is 1.69. The third-order valence-electron chi connectivity index (χ3n) is 2.63. The van der Waals surface area contributed by atoms with Crippen LogP contribution in [0.5, 0.6) is 5.75 Å². The Morgan fingerprint density at radius 3 is 2.56 bits per heavy atom. The molecule has 0 amide bonds. The molecular formula is C14H23NO3. The number of benzene rings is 1. The van der Waals surface area contributed by atoms with E-state index in [4.69, 9.17) is 19.9 Å². The second kappa shape index (κ2) is 8.91. The minimum absolute atomic E-state index is 0.554. The number of hydrogen-bond acceptors (Lipinski definition) is 4. The maximum Gasteiger partial charge on any atom is 0.122 e. The van der Waals surface area contributed by atoms with Crippen LogP contribution in [-0.4, -0.2) is 33.5 Å². The third-order valence-corrected chi connectivity index (χ3v) is 2.63. The monoisotopic (exact) mass is 253 g/mol. The molecule has 2 N–H and O–H groups in total. The lowest BCUT2D eigenvalue weighted by Crippen LogP contribution is -2.12. The second-order valence-corrected chi connectivity index (χ2v) is 3.95. The van der Waals surface area contributed by atoms with E-state index in [-0.39, 0.29) is 0 Å². The van der Waals surface area contributed by atoms with Crippen LogP contribution >= 0.6 is 0 Å². The zero-order chi connectivity index (χ0) is 13.2. The number of rotatable bonds is 9. The molecule has 0 saturated heterocycles. The third kappa shape index (κ3) is 5.04. The van der Waals surface area contributed by atoms with Gasteiger partial charge in [-0.25, -0.2) is 0 Å². The Morgan fingerprint density at radius 2 is 1.89 bits per heavy atom. The van der Waals surface area contributed by atoms with Crippen molar-refractivity contribution < 1.29 is 14.2 Å². The van der Waals surface area contributed by atoms with E-state index in [0.717, 1.165) is 17.7 Å². The van der Waals surface area contributed by atoms with Gasteiger partial charge in [0.1, 0.15) is 5.75 Å². The zero-order valence-corrected chi connectivity index (χ0v) is 11.3. The van der Waals surface area contributed by atoms with Gasteiger partial charge in [-0.2, -0.15) is 0 Å². The van der Waals surface area contributed by atoms with Crippen molar-refractivity contribution in [3.05, 3.63) is 29.3 Å². The van der Waals surface area contributed by atoms with Crippen LogP contribution in [0.1, 0.15) is 18.1 Å². The van der Waals surface area contributed by atoms with Crippen molar-refractivity contribution in [3.63, 3.8) is 0 Å². The molecule has 4 nitrogen and oxygen atoms in total. The predicted molar refractivity (Wildman–Crippen MR) is 71.9 cm³/mol. The minimum atomic E-state index is 0.554. The lowest BCUT2D eigenvalue weighted by molar-refractivity contribution is 0.0433. The number of aryl methyl sites for hydroxylation is 1. The molecule has 0 bridgehead atoms. The molecule has 0 atom stereocenters. The summed E-state index contributed by atoms with van der Waals surface area (Å²) in [4.78, 5) is 0. The van der Waals surface area contributed by atoms with Gasteiger partial charge in [0.2, 0.25) is 0 Å². The number of hydrogen-bond donors (Lipinski definition) is 1. The van der Waals surface area contributed by atoms with Crippen LogP contribution in [0.4, 0.5) is 0 Å². The van der Waals surface area contributed by atoms with E-state index in [1.165, 1.54) is 5.56 Å². The van der Waals surface area contributed by atoms with Gasteiger partial charge in [-0.3, -0.25) is 0 Å². The van der Waals surface area contributed by atoms with Crippen LogP contribution in [0, 0.1) is 0 Å². The van der Waals surface area contributed by atoms with Crippen molar-refractivity contribution >= 4 is 0 Å². The Bertz CT molecular complexity index is 342. The molecule has 0 aliphatic rings. The van der Waals surface area contributed by atoms with Crippen LogP contribution in [0.2, 0.25) is 0 Å². The first-order valence-electron chi connectivity index (χ1n) is 6.33. The molecule has 102 valence electrons. The summed E-state index contributed by atoms with van der Waals surface area (Å²) in [6.07, 6.45) is 0.955. The zero-order valence-electron chi connectivity index (χ0n) is 11.3. The first kappa shape index (κ1) is 15.0. The molecule has 1 rings (SSSR count). The van der Waals surface area contributed by atoms with E-state index in [9.17, 15) is 0 Å². The summed E-state index contributed by atoms with van der Waals surface area (Å²) in [6, 6.07) is 6.14. The van der Waals surface area contributed by atoms with Gasteiger partial charge in [-0.1, -0.05) is 13.0 Å². The largest absolute Gasteiger partial charge is 0.496 e. The summed E-state index contributed by atoms with van der Waals surface area (Å²) in [5, 5.41) is 0. The van der Waals surface area contributed by atoms with Gasteiger partial charge in [0.05, 0.1) is 33.5 Å². The van der Waals surface area contributed by atoms with Crippen molar-refractivity contribution in [2.45, 2.75) is 20.0 Å². The maximum atomic E-state index is 5.53. The predicted octanol–water partition coefficient (Wildman–Crippen LogP) is 1.75. The minimum Gasteiger partial charge on any atom is -0.496 e. The van der Waals surface area contributed by atoms with Gasteiger partial charge < -0.3 is 19.9 Å². The number of methoxy groups -OCH3 is 1. The molecule has 1 aromatic rings.